The van der Waals surface area contributed by atoms with Crippen LogP contribution in [0.25, 0.3) is 0 Å². The summed E-state index contributed by atoms with van der Waals surface area (Å²) in [7, 11) is 0. The van der Waals surface area contributed by atoms with E-state index in [1.807, 2.05) is 32.1 Å². The summed E-state index contributed by atoms with van der Waals surface area (Å²) in [6, 6.07) is 0.284. The molecule has 9 heavy (non-hydrogen) atoms. The first-order valence-corrected chi connectivity index (χ1v) is 3.30. The molecule has 0 radical (unpaired) electrons. The quantitative estimate of drug-likeness (QED) is 0.572. The van der Waals surface area contributed by atoms with Crippen LogP contribution in [-0.2, 0) is 0 Å². The van der Waals surface area contributed by atoms with Gasteiger partial charge in [0.2, 0.25) is 0 Å². The van der Waals surface area contributed by atoms with Crippen molar-refractivity contribution in [3.8, 4) is 0 Å². The van der Waals surface area contributed by atoms with Crippen LogP contribution < -0.4 is 5.73 Å². The molecule has 2 N–H and O–H groups in total. The van der Waals surface area contributed by atoms with Gasteiger partial charge in [-0.05, 0) is 20.3 Å². The Bertz CT molecular complexity index is 101. The van der Waals surface area contributed by atoms with Crippen LogP contribution in [0, 0.1) is 0 Å². The van der Waals surface area contributed by atoms with Gasteiger partial charge in [-0.15, -0.1) is 0 Å². The van der Waals surface area contributed by atoms with Crippen LogP contribution in [-0.4, -0.2) is 6.04 Å². The molecule has 0 heterocycles. The van der Waals surface area contributed by atoms with Gasteiger partial charge in [-0.2, -0.15) is 0 Å². The van der Waals surface area contributed by atoms with Gasteiger partial charge in [0.1, 0.15) is 0 Å². The largest absolute Gasteiger partial charge is 0.328 e. The van der Waals surface area contributed by atoms with Crippen molar-refractivity contribution >= 4 is 0 Å². The molecule has 0 aromatic rings. The van der Waals surface area contributed by atoms with E-state index in [9.17, 15) is 0 Å². The normalized spacial score (nSPS) is 15.4. The molecule has 1 nitrogen and oxygen atoms in total. The number of hydrogen-bond donors (Lipinski definition) is 1. The molecule has 0 rings (SSSR count). The Balaban J connectivity index is 3.25. The summed E-state index contributed by atoms with van der Waals surface area (Å²) < 4.78 is 0. The topological polar surface area (TPSA) is 26.0 Å². The van der Waals surface area contributed by atoms with Crippen molar-refractivity contribution in [3.05, 3.63) is 24.3 Å². The summed E-state index contributed by atoms with van der Waals surface area (Å²) in [5, 5.41) is 0. The van der Waals surface area contributed by atoms with Crippen molar-refractivity contribution < 1.29 is 0 Å². The zero-order valence-electron chi connectivity index (χ0n) is 6.17. The van der Waals surface area contributed by atoms with E-state index < -0.39 is 0 Å². The van der Waals surface area contributed by atoms with Crippen LogP contribution in [0.1, 0.15) is 20.3 Å². The molecule has 0 aliphatic carbocycles. The monoisotopic (exact) mass is 125 g/mol. The molecule has 0 aliphatic heterocycles. The molecular weight excluding hydrogens is 110 g/mol. The van der Waals surface area contributed by atoms with Crippen molar-refractivity contribution in [3.63, 3.8) is 0 Å². The van der Waals surface area contributed by atoms with Gasteiger partial charge in [-0.25, -0.2) is 0 Å². The second-order valence-corrected chi connectivity index (χ2v) is 2.17. The second kappa shape index (κ2) is 5.57. The number of hydrogen-bond acceptors (Lipinski definition) is 1. The Morgan fingerprint density at radius 1 is 1.44 bits per heavy atom. The third kappa shape index (κ3) is 7.44. The maximum Gasteiger partial charge on any atom is 0.00451 e. The van der Waals surface area contributed by atoms with E-state index >= 15 is 0 Å². The standard InChI is InChI=1S/C8H15N/c1-3-4-5-6-7-8(2)9/h3-6,8H,7,9H2,1-2H3. The first-order chi connectivity index (χ1) is 4.27. The van der Waals surface area contributed by atoms with Crippen LogP contribution in [0.4, 0.5) is 0 Å². The molecule has 1 atom stereocenters. The average Bonchev–Trinajstić information content (AvgIpc) is 1.80. The van der Waals surface area contributed by atoms with E-state index in [1.54, 1.807) is 0 Å². The predicted molar refractivity (Wildman–Crippen MR) is 42.2 cm³/mol. The molecule has 1 heteroatoms. The SMILES string of the molecule is CC=CC=CCC(C)N. The van der Waals surface area contributed by atoms with Gasteiger partial charge in [-0.3, -0.25) is 0 Å². The van der Waals surface area contributed by atoms with Crippen LogP contribution in [0.15, 0.2) is 24.3 Å². The van der Waals surface area contributed by atoms with Crippen molar-refractivity contribution in [2.24, 2.45) is 5.73 Å². The lowest BCUT2D eigenvalue weighted by molar-refractivity contribution is 0.757. The smallest absolute Gasteiger partial charge is 0.00451 e. The highest BCUT2D eigenvalue weighted by atomic mass is 14.6. The predicted octanol–water partition coefficient (Wildman–Crippen LogP) is 1.86. The molecule has 0 spiro atoms. The lowest BCUT2D eigenvalue weighted by Gasteiger charge is -1.95. The van der Waals surface area contributed by atoms with E-state index in [2.05, 4.69) is 6.08 Å². The zero-order valence-corrected chi connectivity index (χ0v) is 6.17. The Morgan fingerprint density at radius 3 is 2.56 bits per heavy atom. The van der Waals surface area contributed by atoms with E-state index in [-0.39, 0.29) is 6.04 Å². The first kappa shape index (κ1) is 8.44. The van der Waals surface area contributed by atoms with Crippen LogP contribution in [0.3, 0.4) is 0 Å². The summed E-state index contributed by atoms with van der Waals surface area (Å²) >= 11 is 0. The number of allylic oxidation sites excluding steroid dienone is 3. The third-order valence-corrected chi connectivity index (χ3v) is 0.948. The van der Waals surface area contributed by atoms with Gasteiger partial charge < -0.3 is 5.73 Å². The Morgan fingerprint density at radius 2 is 2.11 bits per heavy atom. The Hall–Kier alpha value is -0.560. The molecule has 1 unspecified atom stereocenters. The molecule has 0 fully saturated rings. The average molecular weight is 125 g/mol. The minimum atomic E-state index is 0.284. The molecule has 0 saturated carbocycles. The minimum absolute atomic E-state index is 0.284. The fourth-order valence-electron chi connectivity index (χ4n) is 0.483. The Labute approximate surface area is 57.3 Å². The molecule has 0 amide bonds. The van der Waals surface area contributed by atoms with Crippen LogP contribution in [0.2, 0.25) is 0 Å². The van der Waals surface area contributed by atoms with Crippen molar-refractivity contribution in [1.82, 2.24) is 0 Å². The molecule has 0 aliphatic rings. The van der Waals surface area contributed by atoms with Gasteiger partial charge in [0.05, 0.1) is 0 Å². The zero-order chi connectivity index (χ0) is 7.11. The highest BCUT2D eigenvalue weighted by molar-refractivity contribution is 5.01. The molecular formula is C8H15N. The van der Waals surface area contributed by atoms with Gasteiger partial charge in [0.15, 0.2) is 0 Å². The van der Waals surface area contributed by atoms with Crippen LogP contribution in [0.5, 0.6) is 0 Å². The van der Waals surface area contributed by atoms with Gasteiger partial charge in [0, 0.05) is 6.04 Å². The van der Waals surface area contributed by atoms with E-state index in [1.165, 1.54) is 0 Å². The van der Waals surface area contributed by atoms with E-state index in [0.29, 0.717) is 0 Å². The molecule has 52 valence electrons. The van der Waals surface area contributed by atoms with Gasteiger partial charge >= 0.3 is 0 Å². The third-order valence-electron chi connectivity index (χ3n) is 0.948. The maximum absolute atomic E-state index is 5.50. The number of nitrogens with two attached hydrogens (primary N) is 1. The van der Waals surface area contributed by atoms with E-state index in [4.69, 9.17) is 5.73 Å². The summed E-state index contributed by atoms with van der Waals surface area (Å²) in [4.78, 5) is 0. The van der Waals surface area contributed by atoms with Gasteiger partial charge in [0.25, 0.3) is 0 Å². The molecule has 0 aromatic carbocycles. The van der Waals surface area contributed by atoms with Gasteiger partial charge in [-0.1, -0.05) is 24.3 Å². The minimum Gasteiger partial charge on any atom is -0.328 e. The lowest BCUT2D eigenvalue weighted by atomic mass is 10.2. The lowest BCUT2D eigenvalue weighted by Crippen LogP contribution is -2.12. The fraction of sp³-hybridized carbons (Fsp3) is 0.500. The highest BCUT2D eigenvalue weighted by Crippen LogP contribution is 1.87. The molecule has 0 bridgehead atoms. The van der Waals surface area contributed by atoms with Crippen molar-refractivity contribution in [2.75, 3.05) is 0 Å². The second-order valence-electron chi connectivity index (χ2n) is 2.17. The molecule has 0 saturated heterocycles. The maximum atomic E-state index is 5.50. The summed E-state index contributed by atoms with van der Waals surface area (Å²) in [6.07, 6.45) is 9.05. The first-order valence-electron chi connectivity index (χ1n) is 3.30. The highest BCUT2D eigenvalue weighted by Gasteiger charge is 1.84. The Kier molecular flexibility index (Phi) is 5.23. The number of rotatable bonds is 3. The molecule has 0 aromatic heterocycles. The van der Waals surface area contributed by atoms with Crippen molar-refractivity contribution in [2.45, 2.75) is 26.3 Å². The summed E-state index contributed by atoms with van der Waals surface area (Å²) in [5.41, 5.74) is 5.50. The van der Waals surface area contributed by atoms with Crippen molar-refractivity contribution in [1.29, 1.82) is 0 Å². The summed E-state index contributed by atoms with van der Waals surface area (Å²) in [6.45, 7) is 4.00. The van der Waals surface area contributed by atoms with E-state index in [0.717, 1.165) is 6.42 Å². The summed E-state index contributed by atoms with van der Waals surface area (Å²) in [5.74, 6) is 0. The fourth-order valence-corrected chi connectivity index (χ4v) is 0.483. The van der Waals surface area contributed by atoms with Crippen LogP contribution >= 0.6 is 0 Å².